The highest BCUT2D eigenvalue weighted by molar-refractivity contribution is 4.81. The molecule has 1 aliphatic carbocycles. The van der Waals surface area contributed by atoms with Crippen LogP contribution in [0, 0.1) is 11.8 Å². The minimum atomic E-state index is 0.774. The average Bonchev–Trinajstić information content (AvgIpc) is 2.84. The Kier molecular flexibility index (Phi) is 5.97. The molecule has 1 aliphatic heterocycles. The monoisotopic (exact) mass is 252 g/mol. The molecule has 106 valence electrons. The molecule has 1 saturated carbocycles. The summed E-state index contributed by atoms with van der Waals surface area (Å²) in [4.78, 5) is 2.69. The quantitative estimate of drug-likeness (QED) is 0.780. The molecular weight excluding hydrogens is 220 g/mol. The maximum atomic E-state index is 3.66. The lowest BCUT2D eigenvalue weighted by molar-refractivity contribution is 0.236. The molecule has 0 aromatic heterocycles. The van der Waals surface area contributed by atoms with Gasteiger partial charge < -0.3 is 10.2 Å². The van der Waals surface area contributed by atoms with Crippen molar-refractivity contribution < 1.29 is 0 Å². The molecule has 2 nitrogen and oxygen atoms in total. The third-order valence-corrected chi connectivity index (χ3v) is 4.94. The van der Waals surface area contributed by atoms with E-state index in [0.29, 0.717) is 0 Å². The largest absolute Gasteiger partial charge is 0.313 e. The fraction of sp³-hybridized carbons (Fsp3) is 1.00. The van der Waals surface area contributed by atoms with Gasteiger partial charge in [0.15, 0.2) is 0 Å². The van der Waals surface area contributed by atoms with E-state index in [9.17, 15) is 0 Å². The lowest BCUT2D eigenvalue weighted by Gasteiger charge is -2.27. The SMILES string of the molecule is CCCNC1CCN(CCC2CCC(C)CC2)C1. The van der Waals surface area contributed by atoms with Crippen LogP contribution >= 0.6 is 0 Å². The van der Waals surface area contributed by atoms with Crippen LogP contribution in [0.2, 0.25) is 0 Å². The van der Waals surface area contributed by atoms with Crippen molar-refractivity contribution in [3.8, 4) is 0 Å². The number of hydrogen-bond donors (Lipinski definition) is 1. The fourth-order valence-corrected chi connectivity index (χ4v) is 3.53. The minimum Gasteiger partial charge on any atom is -0.313 e. The molecule has 0 amide bonds. The van der Waals surface area contributed by atoms with Crippen molar-refractivity contribution in [2.24, 2.45) is 11.8 Å². The van der Waals surface area contributed by atoms with Crippen molar-refractivity contribution in [1.29, 1.82) is 0 Å². The summed E-state index contributed by atoms with van der Waals surface area (Å²) in [6.07, 6.45) is 10.0. The molecule has 0 bridgehead atoms. The first-order chi connectivity index (χ1) is 8.78. The Morgan fingerprint density at radius 1 is 1.11 bits per heavy atom. The molecule has 1 atom stereocenters. The first-order valence-electron chi connectivity index (χ1n) is 8.23. The number of likely N-dealkylation sites (tertiary alicyclic amines) is 1. The number of hydrogen-bond acceptors (Lipinski definition) is 2. The van der Waals surface area contributed by atoms with Gasteiger partial charge in [0, 0.05) is 12.6 Å². The Bertz CT molecular complexity index is 221. The Labute approximate surface area is 114 Å². The molecule has 2 rings (SSSR count). The summed E-state index contributed by atoms with van der Waals surface area (Å²) in [6.45, 7) is 9.83. The van der Waals surface area contributed by atoms with Gasteiger partial charge in [-0.05, 0) is 50.7 Å². The van der Waals surface area contributed by atoms with Crippen LogP contribution in [0.25, 0.3) is 0 Å². The van der Waals surface area contributed by atoms with E-state index in [4.69, 9.17) is 0 Å². The summed E-state index contributed by atoms with van der Waals surface area (Å²) in [5, 5.41) is 3.66. The topological polar surface area (TPSA) is 15.3 Å². The second kappa shape index (κ2) is 7.49. The molecule has 18 heavy (non-hydrogen) atoms. The van der Waals surface area contributed by atoms with E-state index in [-0.39, 0.29) is 0 Å². The minimum absolute atomic E-state index is 0.774. The Morgan fingerprint density at radius 2 is 1.89 bits per heavy atom. The predicted molar refractivity (Wildman–Crippen MR) is 78.9 cm³/mol. The molecule has 0 aromatic rings. The van der Waals surface area contributed by atoms with Crippen molar-refractivity contribution in [2.45, 2.75) is 64.8 Å². The van der Waals surface area contributed by atoms with Gasteiger partial charge in [-0.25, -0.2) is 0 Å². The molecule has 1 unspecified atom stereocenters. The third-order valence-electron chi connectivity index (χ3n) is 4.94. The van der Waals surface area contributed by atoms with Gasteiger partial charge in [-0.1, -0.05) is 39.5 Å². The summed E-state index contributed by atoms with van der Waals surface area (Å²) in [5.41, 5.74) is 0. The smallest absolute Gasteiger partial charge is 0.0207 e. The van der Waals surface area contributed by atoms with Gasteiger partial charge in [-0.15, -0.1) is 0 Å². The lowest BCUT2D eigenvalue weighted by atomic mass is 9.81. The highest BCUT2D eigenvalue weighted by Gasteiger charge is 2.23. The molecule has 2 heteroatoms. The van der Waals surface area contributed by atoms with E-state index in [1.807, 2.05) is 0 Å². The molecule has 0 aromatic carbocycles. The van der Waals surface area contributed by atoms with Gasteiger partial charge >= 0.3 is 0 Å². The highest BCUT2D eigenvalue weighted by atomic mass is 15.2. The number of rotatable bonds is 6. The van der Waals surface area contributed by atoms with Gasteiger partial charge in [0.2, 0.25) is 0 Å². The lowest BCUT2D eigenvalue weighted by Crippen LogP contribution is -2.33. The van der Waals surface area contributed by atoms with Gasteiger partial charge in [0.1, 0.15) is 0 Å². The Balaban J connectivity index is 1.57. The van der Waals surface area contributed by atoms with Crippen LogP contribution in [0.1, 0.15) is 58.8 Å². The van der Waals surface area contributed by atoms with E-state index in [1.54, 1.807) is 0 Å². The standard InChI is InChI=1S/C16H32N2/c1-3-10-17-16-9-12-18(13-16)11-8-15-6-4-14(2)5-7-15/h14-17H,3-13H2,1-2H3. The molecule has 1 N–H and O–H groups in total. The maximum Gasteiger partial charge on any atom is 0.0207 e. The summed E-state index contributed by atoms with van der Waals surface area (Å²) in [5.74, 6) is 2.03. The van der Waals surface area contributed by atoms with Crippen LogP contribution in [-0.4, -0.2) is 37.1 Å². The second-order valence-corrected chi connectivity index (χ2v) is 6.65. The zero-order chi connectivity index (χ0) is 12.8. The van der Waals surface area contributed by atoms with E-state index < -0.39 is 0 Å². The van der Waals surface area contributed by atoms with Crippen molar-refractivity contribution in [3.63, 3.8) is 0 Å². The predicted octanol–water partition coefficient (Wildman–Crippen LogP) is 3.28. The fourth-order valence-electron chi connectivity index (χ4n) is 3.53. The summed E-state index contributed by atoms with van der Waals surface area (Å²) in [7, 11) is 0. The molecule has 1 saturated heterocycles. The summed E-state index contributed by atoms with van der Waals surface area (Å²) < 4.78 is 0. The van der Waals surface area contributed by atoms with Crippen LogP contribution < -0.4 is 5.32 Å². The van der Waals surface area contributed by atoms with Crippen molar-refractivity contribution in [2.75, 3.05) is 26.2 Å². The normalized spacial score (nSPS) is 34.0. The maximum absolute atomic E-state index is 3.66. The van der Waals surface area contributed by atoms with E-state index in [0.717, 1.165) is 17.9 Å². The van der Waals surface area contributed by atoms with Gasteiger partial charge in [0.25, 0.3) is 0 Å². The molecule has 0 radical (unpaired) electrons. The van der Waals surface area contributed by atoms with E-state index >= 15 is 0 Å². The van der Waals surface area contributed by atoms with Gasteiger partial charge in [0.05, 0.1) is 0 Å². The molecule has 1 heterocycles. The average molecular weight is 252 g/mol. The zero-order valence-corrected chi connectivity index (χ0v) is 12.5. The molecule has 2 fully saturated rings. The van der Waals surface area contributed by atoms with Crippen LogP contribution in [0.3, 0.4) is 0 Å². The van der Waals surface area contributed by atoms with Crippen molar-refractivity contribution in [1.82, 2.24) is 10.2 Å². The zero-order valence-electron chi connectivity index (χ0n) is 12.5. The first kappa shape index (κ1) is 14.3. The van der Waals surface area contributed by atoms with Gasteiger partial charge in [-0.2, -0.15) is 0 Å². The van der Waals surface area contributed by atoms with Crippen LogP contribution in [0.15, 0.2) is 0 Å². The number of nitrogens with zero attached hydrogens (tertiary/aromatic N) is 1. The van der Waals surface area contributed by atoms with E-state index in [1.165, 1.54) is 71.1 Å². The molecule has 2 aliphatic rings. The molecular formula is C16H32N2. The van der Waals surface area contributed by atoms with E-state index in [2.05, 4.69) is 24.1 Å². The highest BCUT2D eigenvalue weighted by Crippen LogP contribution is 2.30. The Hall–Kier alpha value is -0.0800. The van der Waals surface area contributed by atoms with Crippen molar-refractivity contribution >= 4 is 0 Å². The van der Waals surface area contributed by atoms with Crippen molar-refractivity contribution in [3.05, 3.63) is 0 Å². The van der Waals surface area contributed by atoms with Crippen LogP contribution in [0.4, 0.5) is 0 Å². The second-order valence-electron chi connectivity index (χ2n) is 6.65. The van der Waals surface area contributed by atoms with Crippen LogP contribution in [0.5, 0.6) is 0 Å². The first-order valence-corrected chi connectivity index (χ1v) is 8.23. The van der Waals surface area contributed by atoms with Gasteiger partial charge in [-0.3, -0.25) is 0 Å². The Morgan fingerprint density at radius 3 is 2.61 bits per heavy atom. The van der Waals surface area contributed by atoms with Crippen LogP contribution in [-0.2, 0) is 0 Å². The summed E-state index contributed by atoms with van der Waals surface area (Å²) >= 11 is 0. The third kappa shape index (κ3) is 4.55. The molecule has 0 spiro atoms. The summed E-state index contributed by atoms with van der Waals surface area (Å²) in [6, 6.07) is 0.774. The number of nitrogens with one attached hydrogen (secondary N) is 1.